The molecule has 0 aliphatic heterocycles. The lowest BCUT2D eigenvalue weighted by Gasteiger charge is -2.11. The number of hydrogen-bond donors (Lipinski definition) is 1. The molecule has 5 rings (SSSR count). The van der Waals surface area contributed by atoms with Gasteiger partial charge in [0.2, 0.25) is 5.88 Å². The van der Waals surface area contributed by atoms with E-state index in [1.807, 2.05) is 67.6 Å². The summed E-state index contributed by atoms with van der Waals surface area (Å²) in [6.07, 6.45) is 1.44. The average molecular weight is 508 g/mol. The average Bonchev–Trinajstić information content (AvgIpc) is 3.58. The summed E-state index contributed by atoms with van der Waals surface area (Å²) < 4.78 is 18.2. The number of anilines is 1. The number of ether oxygens (including phenoxy) is 2. The van der Waals surface area contributed by atoms with Crippen molar-refractivity contribution in [1.29, 1.82) is 0 Å². The first kappa shape index (κ1) is 24.6. The highest BCUT2D eigenvalue weighted by Gasteiger charge is 2.26. The summed E-state index contributed by atoms with van der Waals surface area (Å²) in [5, 5.41) is 7.72. The van der Waals surface area contributed by atoms with Crippen LogP contribution in [0.4, 0.5) is 5.69 Å². The van der Waals surface area contributed by atoms with Gasteiger partial charge in [0.15, 0.2) is 5.76 Å². The molecule has 5 aromatic rings. The van der Waals surface area contributed by atoms with Gasteiger partial charge in [-0.25, -0.2) is 0 Å². The molecule has 0 radical (unpaired) electrons. The number of nitrogens with zero attached hydrogens (tertiary/aromatic N) is 2. The monoisotopic (exact) mass is 507 g/mol. The number of aryl methyl sites for hydroxylation is 1. The number of hydrogen-bond acceptors (Lipinski definition) is 6. The highest BCUT2D eigenvalue weighted by molar-refractivity contribution is 6.02. The Bertz CT molecular complexity index is 1600. The van der Waals surface area contributed by atoms with Gasteiger partial charge in [-0.2, -0.15) is 9.78 Å². The SMILES string of the molecule is COc1ccccc1-c1nn(-c2cccc(C)c2)c(OC(C)=O)c1-c1ccc(NC(=O)c2ccco2)cc1. The summed E-state index contributed by atoms with van der Waals surface area (Å²) in [6.45, 7) is 3.34. The normalized spacial score (nSPS) is 10.7. The van der Waals surface area contributed by atoms with E-state index in [-0.39, 0.29) is 17.5 Å². The van der Waals surface area contributed by atoms with E-state index < -0.39 is 5.97 Å². The fourth-order valence-electron chi connectivity index (χ4n) is 4.18. The highest BCUT2D eigenvalue weighted by atomic mass is 16.5. The van der Waals surface area contributed by atoms with Gasteiger partial charge in [-0.1, -0.05) is 36.4 Å². The maximum atomic E-state index is 12.4. The molecule has 0 bridgehead atoms. The first-order valence-corrected chi connectivity index (χ1v) is 11.9. The fraction of sp³-hybridized carbons (Fsp3) is 0.100. The number of carbonyl (C=O) groups is 2. The second-order valence-electron chi connectivity index (χ2n) is 8.58. The van der Waals surface area contributed by atoms with Crippen LogP contribution in [-0.4, -0.2) is 28.8 Å². The van der Waals surface area contributed by atoms with E-state index in [1.165, 1.54) is 13.2 Å². The number of carbonyl (C=O) groups excluding carboxylic acids is 2. The number of rotatable bonds is 7. The molecular weight excluding hydrogens is 482 g/mol. The smallest absolute Gasteiger partial charge is 0.309 e. The topological polar surface area (TPSA) is 95.6 Å². The lowest BCUT2D eigenvalue weighted by molar-refractivity contribution is -0.132. The minimum Gasteiger partial charge on any atom is -0.496 e. The molecule has 0 unspecified atom stereocenters. The maximum Gasteiger partial charge on any atom is 0.309 e. The van der Waals surface area contributed by atoms with E-state index >= 15 is 0 Å². The Morgan fingerprint density at radius 3 is 2.42 bits per heavy atom. The van der Waals surface area contributed by atoms with Crippen molar-refractivity contribution in [2.75, 3.05) is 12.4 Å². The van der Waals surface area contributed by atoms with Gasteiger partial charge in [0.25, 0.3) is 5.91 Å². The summed E-state index contributed by atoms with van der Waals surface area (Å²) in [7, 11) is 1.60. The Morgan fingerprint density at radius 2 is 1.74 bits per heavy atom. The molecule has 190 valence electrons. The third-order valence-electron chi connectivity index (χ3n) is 5.87. The highest BCUT2D eigenvalue weighted by Crippen LogP contribution is 2.43. The van der Waals surface area contributed by atoms with Gasteiger partial charge < -0.3 is 19.2 Å². The minimum absolute atomic E-state index is 0.212. The van der Waals surface area contributed by atoms with E-state index in [1.54, 1.807) is 36.1 Å². The molecule has 38 heavy (non-hydrogen) atoms. The number of amides is 1. The molecule has 8 nitrogen and oxygen atoms in total. The lowest BCUT2D eigenvalue weighted by Crippen LogP contribution is -2.10. The molecule has 0 atom stereocenters. The van der Waals surface area contributed by atoms with Crippen molar-refractivity contribution in [3.05, 3.63) is 103 Å². The molecular formula is C30H25N3O5. The largest absolute Gasteiger partial charge is 0.496 e. The summed E-state index contributed by atoms with van der Waals surface area (Å²) in [5.74, 6) is 0.277. The summed E-state index contributed by atoms with van der Waals surface area (Å²) in [4.78, 5) is 24.7. The van der Waals surface area contributed by atoms with Gasteiger partial charge in [-0.3, -0.25) is 9.59 Å². The van der Waals surface area contributed by atoms with Crippen LogP contribution in [0.15, 0.2) is 95.6 Å². The van der Waals surface area contributed by atoms with Crippen molar-refractivity contribution in [2.45, 2.75) is 13.8 Å². The molecule has 0 spiro atoms. The van der Waals surface area contributed by atoms with Gasteiger partial charge in [0.05, 0.1) is 24.6 Å². The van der Waals surface area contributed by atoms with Gasteiger partial charge in [0.1, 0.15) is 11.4 Å². The van der Waals surface area contributed by atoms with Crippen LogP contribution in [0.5, 0.6) is 11.6 Å². The number of furan rings is 1. The van der Waals surface area contributed by atoms with Gasteiger partial charge in [0, 0.05) is 18.2 Å². The zero-order valence-electron chi connectivity index (χ0n) is 21.1. The van der Waals surface area contributed by atoms with E-state index in [0.717, 1.165) is 22.4 Å². The van der Waals surface area contributed by atoms with Crippen molar-refractivity contribution in [3.63, 3.8) is 0 Å². The molecule has 2 aromatic heterocycles. The molecule has 0 saturated heterocycles. The third kappa shape index (κ3) is 4.92. The van der Waals surface area contributed by atoms with E-state index in [4.69, 9.17) is 19.0 Å². The number of aromatic nitrogens is 2. The predicted octanol–water partition coefficient (Wildman–Crippen LogP) is 6.29. The number of benzene rings is 3. The van der Waals surface area contributed by atoms with Crippen LogP contribution in [0.1, 0.15) is 23.0 Å². The zero-order valence-corrected chi connectivity index (χ0v) is 21.1. The van der Waals surface area contributed by atoms with Crippen LogP contribution in [0.3, 0.4) is 0 Å². The van der Waals surface area contributed by atoms with Crippen LogP contribution < -0.4 is 14.8 Å². The number of methoxy groups -OCH3 is 1. The molecule has 0 saturated carbocycles. The molecule has 8 heteroatoms. The van der Waals surface area contributed by atoms with Crippen LogP contribution >= 0.6 is 0 Å². The van der Waals surface area contributed by atoms with Crippen LogP contribution in [0.25, 0.3) is 28.1 Å². The van der Waals surface area contributed by atoms with Crippen molar-refractivity contribution in [2.24, 2.45) is 0 Å². The second kappa shape index (κ2) is 10.5. The van der Waals surface area contributed by atoms with Crippen molar-refractivity contribution in [3.8, 4) is 39.7 Å². The van der Waals surface area contributed by atoms with Crippen LogP contribution in [0, 0.1) is 6.92 Å². The Balaban J connectivity index is 1.67. The molecule has 3 aromatic carbocycles. The first-order valence-electron chi connectivity index (χ1n) is 11.9. The van der Waals surface area contributed by atoms with E-state index in [0.29, 0.717) is 22.7 Å². The summed E-state index contributed by atoms with van der Waals surface area (Å²) >= 11 is 0. The standard InChI is InChI=1S/C30H25N3O5/c1-19-8-6-9-23(18-19)33-30(38-20(2)34)27(28(32-33)24-10-4-5-11-25(24)36-3)21-13-15-22(16-14-21)31-29(35)26-12-7-17-37-26/h4-18H,1-3H3,(H,31,35). The third-order valence-corrected chi connectivity index (χ3v) is 5.87. The molecule has 1 N–H and O–H groups in total. The molecule has 0 aliphatic carbocycles. The first-order chi connectivity index (χ1) is 18.4. The molecule has 0 aliphatic rings. The molecule has 0 fully saturated rings. The minimum atomic E-state index is -0.478. The Morgan fingerprint density at radius 1 is 0.947 bits per heavy atom. The quantitative estimate of drug-likeness (QED) is 0.260. The maximum absolute atomic E-state index is 12.4. The fourth-order valence-corrected chi connectivity index (χ4v) is 4.18. The Labute approximate surface area is 219 Å². The van der Waals surface area contributed by atoms with Gasteiger partial charge >= 0.3 is 5.97 Å². The number of nitrogens with one attached hydrogen (secondary N) is 1. The summed E-state index contributed by atoms with van der Waals surface area (Å²) in [6, 6.07) is 25.7. The lowest BCUT2D eigenvalue weighted by atomic mass is 10.00. The van der Waals surface area contributed by atoms with Gasteiger partial charge in [-0.15, -0.1) is 0 Å². The van der Waals surface area contributed by atoms with E-state index in [9.17, 15) is 9.59 Å². The Kier molecular flexibility index (Phi) is 6.78. The van der Waals surface area contributed by atoms with Crippen molar-refractivity contribution < 1.29 is 23.5 Å². The van der Waals surface area contributed by atoms with Crippen molar-refractivity contribution in [1.82, 2.24) is 9.78 Å². The number of para-hydroxylation sites is 1. The zero-order chi connectivity index (χ0) is 26.6. The van der Waals surface area contributed by atoms with E-state index in [2.05, 4.69) is 5.32 Å². The second-order valence-corrected chi connectivity index (χ2v) is 8.58. The predicted molar refractivity (Wildman–Crippen MR) is 144 cm³/mol. The molecule has 2 heterocycles. The molecule has 1 amide bonds. The number of esters is 1. The Hall–Kier alpha value is -5.11. The van der Waals surface area contributed by atoms with Crippen LogP contribution in [0.2, 0.25) is 0 Å². The van der Waals surface area contributed by atoms with Crippen molar-refractivity contribution >= 4 is 17.6 Å². The summed E-state index contributed by atoms with van der Waals surface area (Å²) in [5.41, 5.74) is 5.00. The van der Waals surface area contributed by atoms with Crippen LogP contribution in [-0.2, 0) is 4.79 Å². The van der Waals surface area contributed by atoms with Gasteiger partial charge in [-0.05, 0) is 66.6 Å².